The maximum absolute atomic E-state index is 12.8. The van der Waals surface area contributed by atoms with E-state index in [0.29, 0.717) is 31.2 Å². The molecule has 0 saturated carbocycles. The van der Waals surface area contributed by atoms with Gasteiger partial charge in [0.25, 0.3) is 0 Å². The summed E-state index contributed by atoms with van der Waals surface area (Å²) in [4.78, 5) is 19.5. The van der Waals surface area contributed by atoms with Crippen molar-refractivity contribution in [1.29, 1.82) is 5.26 Å². The first-order valence-corrected chi connectivity index (χ1v) is 9.73. The molecule has 4 aromatic heterocycles. The van der Waals surface area contributed by atoms with Gasteiger partial charge >= 0.3 is 0 Å². The first-order chi connectivity index (χ1) is 12.1. The fourth-order valence-corrected chi connectivity index (χ4v) is 5.22. The van der Waals surface area contributed by atoms with Crippen molar-refractivity contribution < 1.29 is 4.79 Å². The van der Waals surface area contributed by atoms with Gasteiger partial charge in [0.15, 0.2) is 0 Å². The molecule has 0 unspecified atom stereocenters. The zero-order chi connectivity index (χ0) is 17.6. The summed E-state index contributed by atoms with van der Waals surface area (Å²) >= 11 is 4.06. The molecule has 25 heavy (non-hydrogen) atoms. The normalized spacial score (nSPS) is 10.8. The number of thiophene rings is 3. The van der Waals surface area contributed by atoms with Crippen molar-refractivity contribution in [2.45, 2.75) is 0 Å². The van der Waals surface area contributed by atoms with Crippen LogP contribution in [-0.2, 0) is 0 Å². The number of carbonyl (C=O) groups is 1. The Morgan fingerprint density at radius 1 is 1.16 bits per heavy atom. The molecule has 4 rings (SSSR count). The van der Waals surface area contributed by atoms with Crippen LogP contribution in [0.25, 0.3) is 20.7 Å². The van der Waals surface area contributed by atoms with Gasteiger partial charge < -0.3 is 11.5 Å². The first-order valence-electron chi connectivity index (χ1n) is 7.15. The van der Waals surface area contributed by atoms with Crippen LogP contribution >= 0.6 is 34.0 Å². The van der Waals surface area contributed by atoms with E-state index in [9.17, 15) is 10.1 Å². The van der Waals surface area contributed by atoms with Crippen LogP contribution in [0.2, 0.25) is 0 Å². The van der Waals surface area contributed by atoms with E-state index in [-0.39, 0.29) is 17.2 Å². The van der Waals surface area contributed by atoms with Crippen molar-refractivity contribution in [3.63, 3.8) is 0 Å². The third-order valence-corrected chi connectivity index (χ3v) is 6.59. The van der Waals surface area contributed by atoms with Crippen molar-refractivity contribution in [3.05, 3.63) is 50.3 Å². The molecular weight excluding hydrogens is 372 g/mol. The van der Waals surface area contributed by atoms with Crippen molar-refractivity contribution in [2.75, 3.05) is 11.5 Å². The quantitative estimate of drug-likeness (QED) is 0.512. The number of hydrogen-bond acceptors (Lipinski definition) is 8. The number of ketones is 1. The Morgan fingerprint density at radius 2 is 1.92 bits per heavy atom. The Balaban J connectivity index is 2.06. The van der Waals surface area contributed by atoms with Gasteiger partial charge in [0.05, 0.1) is 10.6 Å². The zero-order valence-electron chi connectivity index (χ0n) is 12.6. The molecule has 0 aliphatic carbocycles. The summed E-state index contributed by atoms with van der Waals surface area (Å²) in [5, 5.41) is 13.9. The topological polar surface area (TPSA) is 106 Å². The van der Waals surface area contributed by atoms with Crippen molar-refractivity contribution in [2.24, 2.45) is 0 Å². The molecule has 0 radical (unpaired) electrons. The van der Waals surface area contributed by atoms with Gasteiger partial charge in [0, 0.05) is 15.8 Å². The van der Waals surface area contributed by atoms with Gasteiger partial charge in [-0.3, -0.25) is 4.79 Å². The number of anilines is 2. The average molecular weight is 382 g/mol. The van der Waals surface area contributed by atoms with Gasteiger partial charge in [0.1, 0.15) is 27.2 Å². The molecule has 0 saturated heterocycles. The number of hydrogen-bond donors (Lipinski definition) is 2. The highest BCUT2D eigenvalue weighted by Crippen LogP contribution is 2.44. The van der Waals surface area contributed by atoms with Crippen LogP contribution < -0.4 is 11.5 Å². The minimum Gasteiger partial charge on any atom is -0.397 e. The lowest BCUT2D eigenvalue weighted by molar-refractivity contribution is 0.104. The van der Waals surface area contributed by atoms with Crippen molar-refractivity contribution in [1.82, 2.24) is 4.98 Å². The summed E-state index contributed by atoms with van der Waals surface area (Å²) in [5.41, 5.74) is 13.6. The minimum atomic E-state index is -0.135. The lowest BCUT2D eigenvalue weighted by Crippen LogP contribution is -2.01. The highest BCUT2D eigenvalue weighted by atomic mass is 32.1. The van der Waals surface area contributed by atoms with Crippen molar-refractivity contribution in [3.8, 4) is 16.5 Å². The third-order valence-electron chi connectivity index (χ3n) is 3.74. The van der Waals surface area contributed by atoms with E-state index in [1.165, 1.54) is 34.0 Å². The van der Waals surface area contributed by atoms with Gasteiger partial charge in [0.2, 0.25) is 5.78 Å². The van der Waals surface area contributed by atoms with E-state index in [4.69, 9.17) is 11.5 Å². The standard InChI is InChI=1S/C17H10N4OS3/c18-7-8-11(9-3-1-5-23-9)12-13(19)15(25-17(12)21-16(8)20)14(22)10-4-2-6-24-10/h1-6H,19H2,(H2,20,21). The number of nitrogens with two attached hydrogens (primary N) is 2. The average Bonchev–Trinajstić information content (AvgIpc) is 3.35. The fourth-order valence-electron chi connectivity index (χ4n) is 2.64. The van der Waals surface area contributed by atoms with E-state index in [0.717, 1.165) is 4.88 Å². The van der Waals surface area contributed by atoms with E-state index in [1.807, 2.05) is 29.0 Å². The van der Waals surface area contributed by atoms with E-state index in [1.54, 1.807) is 6.07 Å². The summed E-state index contributed by atoms with van der Waals surface area (Å²) < 4.78 is 0. The van der Waals surface area contributed by atoms with Crippen LogP contribution in [0.4, 0.5) is 11.5 Å². The zero-order valence-corrected chi connectivity index (χ0v) is 15.1. The Hall–Kier alpha value is -2.73. The molecule has 8 heteroatoms. The highest BCUT2D eigenvalue weighted by Gasteiger charge is 2.25. The second-order valence-corrected chi connectivity index (χ2v) is 8.06. The molecule has 0 amide bonds. The Labute approximate surface area is 154 Å². The monoisotopic (exact) mass is 382 g/mol. The summed E-state index contributed by atoms with van der Waals surface area (Å²) in [6, 6.07) is 9.50. The number of carbonyl (C=O) groups excluding carboxylic acids is 1. The molecular formula is C17H10N4OS3. The number of nitrogen functional groups attached to an aromatic ring is 2. The lowest BCUT2D eigenvalue weighted by Gasteiger charge is -2.07. The van der Waals surface area contributed by atoms with Crippen LogP contribution in [0.3, 0.4) is 0 Å². The molecule has 0 atom stereocenters. The smallest absolute Gasteiger partial charge is 0.215 e. The number of nitriles is 1. The second kappa shape index (κ2) is 5.97. The van der Waals surface area contributed by atoms with E-state index >= 15 is 0 Å². The maximum atomic E-state index is 12.8. The second-order valence-electron chi connectivity index (χ2n) is 5.17. The molecule has 122 valence electrons. The Bertz CT molecular complexity index is 1140. The number of fused-ring (bicyclic) bond motifs is 1. The van der Waals surface area contributed by atoms with Crippen LogP contribution in [0, 0.1) is 11.3 Å². The molecule has 0 bridgehead atoms. The summed E-state index contributed by atoms with van der Waals surface area (Å²) in [5.74, 6) is 0.0134. The minimum absolute atomic E-state index is 0.135. The van der Waals surface area contributed by atoms with Crippen LogP contribution in [0.5, 0.6) is 0 Å². The molecule has 0 fully saturated rings. The maximum Gasteiger partial charge on any atom is 0.215 e. The van der Waals surface area contributed by atoms with E-state index in [2.05, 4.69) is 11.1 Å². The van der Waals surface area contributed by atoms with Crippen molar-refractivity contribution >= 4 is 61.5 Å². The largest absolute Gasteiger partial charge is 0.397 e. The number of rotatable bonds is 3. The first kappa shape index (κ1) is 15.8. The predicted octanol–water partition coefficient (Wildman–Crippen LogP) is 4.35. The SMILES string of the molecule is N#Cc1c(N)nc2sc(C(=O)c3cccs3)c(N)c2c1-c1cccs1. The fraction of sp³-hybridized carbons (Fsp3) is 0. The van der Waals surface area contributed by atoms with Crippen LogP contribution in [-0.4, -0.2) is 10.8 Å². The molecule has 0 aromatic carbocycles. The number of nitrogens with zero attached hydrogens (tertiary/aromatic N) is 2. The molecule has 0 aliphatic heterocycles. The van der Waals surface area contributed by atoms with Crippen LogP contribution in [0.1, 0.15) is 20.1 Å². The van der Waals surface area contributed by atoms with Gasteiger partial charge in [-0.15, -0.1) is 34.0 Å². The van der Waals surface area contributed by atoms with Gasteiger partial charge in [-0.2, -0.15) is 5.26 Å². The number of aromatic nitrogens is 1. The Kier molecular flexibility index (Phi) is 3.77. The van der Waals surface area contributed by atoms with Gasteiger partial charge in [-0.05, 0) is 22.9 Å². The predicted molar refractivity (Wildman–Crippen MR) is 104 cm³/mol. The lowest BCUT2D eigenvalue weighted by atomic mass is 10.0. The van der Waals surface area contributed by atoms with E-state index < -0.39 is 0 Å². The Morgan fingerprint density at radius 3 is 2.56 bits per heavy atom. The highest BCUT2D eigenvalue weighted by molar-refractivity contribution is 7.22. The molecule has 4 aromatic rings. The summed E-state index contributed by atoms with van der Waals surface area (Å²) in [7, 11) is 0. The molecule has 4 heterocycles. The molecule has 0 aliphatic rings. The van der Waals surface area contributed by atoms with Gasteiger partial charge in [-0.1, -0.05) is 12.1 Å². The number of pyridine rings is 1. The summed E-state index contributed by atoms with van der Waals surface area (Å²) in [6.45, 7) is 0. The molecule has 0 spiro atoms. The van der Waals surface area contributed by atoms with Gasteiger partial charge in [-0.25, -0.2) is 4.98 Å². The van der Waals surface area contributed by atoms with Crippen LogP contribution in [0.15, 0.2) is 35.0 Å². The molecule has 5 nitrogen and oxygen atoms in total. The third kappa shape index (κ3) is 2.41. The summed E-state index contributed by atoms with van der Waals surface area (Å²) in [6.07, 6.45) is 0. The molecule has 4 N–H and O–H groups in total.